The lowest BCUT2D eigenvalue weighted by Gasteiger charge is -2.05. The van der Waals surface area contributed by atoms with Crippen LogP contribution >= 0.6 is 0 Å². The number of nitrogens with one attached hydrogen (secondary N) is 2. The smallest absolute Gasteiger partial charge is 0.240 e. The number of rotatable bonds is 5. The number of carbonyl (C=O) groups excluding carboxylic acids is 2. The van der Waals surface area contributed by atoms with Crippen molar-refractivity contribution in [1.82, 2.24) is 10.9 Å². The van der Waals surface area contributed by atoms with E-state index in [0.29, 0.717) is 5.56 Å². The van der Waals surface area contributed by atoms with Gasteiger partial charge in [0.2, 0.25) is 5.91 Å². The van der Waals surface area contributed by atoms with Crippen LogP contribution in [0.25, 0.3) is 0 Å². The number of carbonyl (C=O) groups is 2. The molecule has 0 radical (unpaired) electrons. The molecule has 0 aliphatic rings. The molecule has 4 heteroatoms. The molecule has 0 aromatic heterocycles. The van der Waals surface area contributed by atoms with Crippen molar-refractivity contribution in [3.8, 4) is 0 Å². The number of ketones is 1. The van der Waals surface area contributed by atoms with Crippen molar-refractivity contribution in [3.05, 3.63) is 48.2 Å². The van der Waals surface area contributed by atoms with E-state index in [1.807, 2.05) is 6.07 Å². The number of hydrogen-bond acceptors (Lipinski definition) is 3. The first-order valence-electron chi connectivity index (χ1n) is 5.42. The van der Waals surface area contributed by atoms with Crippen LogP contribution < -0.4 is 10.9 Å². The van der Waals surface area contributed by atoms with Gasteiger partial charge >= 0.3 is 0 Å². The van der Waals surface area contributed by atoms with E-state index in [1.54, 1.807) is 38.1 Å². The third-order valence-corrected chi connectivity index (χ3v) is 2.10. The summed E-state index contributed by atoms with van der Waals surface area (Å²) < 4.78 is 0. The largest absolute Gasteiger partial charge is 0.306 e. The lowest BCUT2D eigenvalue weighted by atomic mass is 10.1. The standard InChI is InChI=1S/C13H16N2O2/c1-10(2)13(17)15-14-9-8-12(16)11-6-4-3-5-7-11/h3-10,14H,1-2H3,(H,15,17)/b9-8+. The minimum absolute atomic E-state index is 0.0966. The van der Waals surface area contributed by atoms with Crippen molar-refractivity contribution in [1.29, 1.82) is 0 Å². The van der Waals surface area contributed by atoms with E-state index in [0.717, 1.165) is 0 Å². The summed E-state index contributed by atoms with van der Waals surface area (Å²) in [5.41, 5.74) is 5.64. The minimum atomic E-state index is -0.123. The fourth-order valence-corrected chi connectivity index (χ4v) is 1.07. The molecule has 0 heterocycles. The highest BCUT2D eigenvalue weighted by Gasteiger charge is 2.04. The summed E-state index contributed by atoms with van der Waals surface area (Å²) in [6.07, 6.45) is 2.78. The molecule has 0 bridgehead atoms. The monoisotopic (exact) mass is 232 g/mol. The average molecular weight is 232 g/mol. The maximum absolute atomic E-state index is 11.6. The lowest BCUT2D eigenvalue weighted by Crippen LogP contribution is -2.36. The van der Waals surface area contributed by atoms with Crippen LogP contribution in [0.2, 0.25) is 0 Å². The zero-order chi connectivity index (χ0) is 12.7. The van der Waals surface area contributed by atoms with Crippen molar-refractivity contribution in [2.24, 2.45) is 5.92 Å². The molecule has 0 atom stereocenters. The fourth-order valence-electron chi connectivity index (χ4n) is 1.07. The van der Waals surface area contributed by atoms with Crippen molar-refractivity contribution in [2.75, 3.05) is 0 Å². The van der Waals surface area contributed by atoms with Gasteiger partial charge in [-0.2, -0.15) is 0 Å². The van der Waals surface area contributed by atoms with Gasteiger partial charge in [-0.1, -0.05) is 44.2 Å². The van der Waals surface area contributed by atoms with Crippen LogP contribution in [-0.4, -0.2) is 11.7 Å². The molecular weight excluding hydrogens is 216 g/mol. The van der Waals surface area contributed by atoms with Crippen LogP contribution in [0.4, 0.5) is 0 Å². The van der Waals surface area contributed by atoms with E-state index >= 15 is 0 Å². The van der Waals surface area contributed by atoms with Crippen LogP contribution in [0.3, 0.4) is 0 Å². The molecule has 0 fully saturated rings. The molecule has 0 saturated carbocycles. The first-order valence-corrected chi connectivity index (χ1v) is 5.42. The number of allylic oxidation sites excluding steroid dienone is 1. The summed E-state index contributed by atoms with van der Waals surface area (Å²) in [4.78, 5) is 22.7. The lowest BCUT2D eigenvalue weighted by molar-refractivity contribution is -0.124. The van der Waals surface area contributed by atoms with Gasteiger partial charge in [-0.15, -0.1) is 0 Å². The summed E-state index contributed by atoms with van der Waals surface area (Å²) in [6, 6.07) is 8.92. The van der Waals surface area contributed by atoms with E-state index in [9.17, 15) is 9.59 Å². The van der Waals surface area contributed by atoms with Crippen molar-refractivity contribution >= 4 is 11.7 Å². The van der Waals surface area contributed by atoms with Crippen molar-refractivity contribution in [3.63, 3.8) is 0 Å². The Kier molecular flexibility index (Phi) is 4.94. The Bertz CT molecular complexity index is 411. The second-order valence-corrected chi connectivity index (χ2v) is 3.85. The van der Waals surface area contributed by atoms with Crippen LogP contribution in [0, 0.1) is 5.92 Å². The first-order chi connectivity index (χ1) is 8.11. The zero-order valence-corrected chi connectivity index (χ0v) is 9.94. The summed E-state index contributed by atoms with van der Waals surface area (Å²) >= 11 is 0. The molecule has 0 aliphatic heterocycles. The van der Waals surface area contributed by atoms with Gasteiger partial charge in [-0.05, 0) is 0 Å². The highest BCUT2D eigenvalue weighted by molar-refractivity contribution is 6.04. The number of benzene rings is 1. The van der Waals surface area contributed by atoms with Crippen LogP contribution in [-0.2, 0) is 4.79 Å². The van der Waals surface area contributed by atoms with Gasteiger partial charge in [-0.25, -0.2) is 0 Å². The summed E-state index contributed by atoms with van der Waals surface area (Å²) in [6.45, 7) is 3.58. The third kappa shape index (κ3) is 4.51. The Labute approximate surface area is 101 Å². The number of hydrazine groups is 1. The van der Waals surface area contributed by atoms with Crippen molar-refractivity contribution < 1.29 is 9.59 Å². The van der Waals surface area contributed by atoms with Gasteiger partial charge in [-0.3, -0.25) is 15.0 Å². The van der Waals surface area contributed by atoms with E-state index in [1.165, 1.54) is 12.3 Å². The summed E-state index contributed by atoms with van der Waals surface area (Å²) in [7, 11) is 0. The molecular formula is C13H16N2O2. The first kappa shape index (κ1) is 13.0. The highest BCUT2D eigenvalue weighted by atomic mass is 16.2. The number of hydrogen-bond donors (Lipinski definition) is 2. The second kappa shape index (κ2) is 6.48. The zero-order valence-electron chi connectivity index (χ0n) is 9.94. The molecule has 0 saturated heterocycles. The van der Waals surface area contributed by atoms with Gasteiger partial charge in [0, 0.05) is 23.8 Å². The normalized spacial score (nSPS) is 10.5. The highest BCUT2D eigenvalue weighted by Crippen LogP contribution is 1.99. The molecule has 2 N–H and O–H groups in total. The van der Waals surface area contributed by atoms with E-state index in [4.69, 9.17) is 0 Å². The molecule has 0 unspecified atom stereocenters. The fraction of sp³-hybridized carbons (Fsp3) is 0.231. The molecule has 0 aliphatic carbocycles. The topological polar surface area (TPSA) is 58.2 Å². The Hall–Kier alpha value is -2.10. The Morgan fingerprint density at radius 3 is 2.41 bits per heavy atom. The van der Waals surface area contributed by atoms with Gasteiger partial charge < -0.3 is 5.43 Å². The summed E-state index contributed by atoms with van der Waals surface area (Å²) in [5.74, 6) is -0.334. The third-order valence-electron chi connectivity index (χ3n) is 2.10. The second-order valence-electron chi connectivity index (χ2n) is 3.85. The van der Waals surface area contributed by atoms with Gasteiger partial charge in [0.1, 0.15) is 0 Å². The minimum Gasteiger partial charge on any atom is -0.306 e. The Balaban J connectivity index is 2.40. The van der Waals surface area contributed by atoms with Crippen LogP contribution in [0.5, 0.6) is 0 Å². The average Bonchev–Trinajstić information content (AvgIpc) is 2.35. The molecule has 4 nitrogen and oxygen atoms in total. The molecule has 1 aromatic rings. The van der Waals surface area contributed by atoms with E-state index < -0.39 is 0 Å². The maximum Gasteiger partial charge on any atom is 0.240 e. The van der Waals surface area contributed by atoms with Gasteiger partial charge in [0.05, 0.1) is 0 Å². The quantitative estimate of drug-likeness (QED) is 0.461. The molecule has 90 valence electrons. The molecule has 17 heavy (non-hydrogen) atoms. The van der Waals surface area contributed by atoms with Crippen molar-refractivity contribution in [2.45, 2.75) is 13.8 Å². The SMILES string of the molecule is CC(C)C(=O)NN/C=C/C(=O)c1ccccc1. The Morgan fingerprint density at radius 2 is 1.82 bits per heavy atom. The number of amides is 1. The molecule has 1 rings (SSSR count). The maximum atomic E-state index is 11.6. The molecule has 1 aromatic carbocycles. The molecule has 1 amide bonds. The van der Waals surface area contributed by atoms with Crippen LogP contribution in [0.1, 0.15) is 24.2 Å². The van der Waals surface area contributed by atoms with Crippen LogP contribution in [0.15, 0.2) is 42.6 Å². The van der Waals surface area contributed by atoms with Gasteiger partial charge in [0.25, 0.3) is 0 Å². The van der Waals surface area contributed by atoms with E-state index in [-0.39, 0.29) is 17.6 Å². The summed E-state index contributed by atoms with van der Waals surface area (Å²) in [5, 5.41) is 0. The van der Waals surface area contributed by atoms with E-state index in [2.05, 4.69) is 10.9 Å². The van der Waals surface area contributed by atoms with Gasteiger partial charge in [0.15, 0.2) is 5.78 Å². The predicted octanol–water partition coefficient (Wildman–Crippen LogP) is 1.66. The predicted molar refractivity (Wildman–Crippen MR) is 66.0 cm³/mol. The Morgan fingerprint density at radius 1 is 1.18 bits per heavy atom. The molecule has 0 spiro atoms.